The van der Waals surface area contributed by atoms with Crippen molar-refractivity contribution < 1.29 is 13.2 Å². The zero-order valence-corrected chi connectivity index (χ0v) is 18.1. The number of hydrogen-bond acceptors (Lipinski definition) is 5. The fraction of sp³-hybridized carbons (Fsp3) is 0.421. The number of amides is 1. The Labute approximate surface area is 175 Å². The SMILES string of the molecule is CN(CC(=O)NC[C@@H](c1ccccc1Cl)N1CCCC1)S(=O)(=O)c1cccs1. The second kappa shape index (κ2) is 9.37. The zero-order valence-electron chi connectivity index (χ0n) is 15.7. The van der Waals surface area contributed by atoms with E-state index in [1.165, 1.54) is 13.1 Å². The fourth-order valence-electron chi connectivity index (χ4n) is 3.35. The van der Waals surface area contributed by atoms with Crippen LogP contribution in [0.25, 0.3) is 0 Å². The summed E-state index contributed by atoms with van der Waals surface area (Å²) in [5, 5.41) is 5.26. The number of carbonyl (C=O) groups is 1. The van der Waals surface area contributed by atoms with Crippen molar-refractivity contribution in [3.8, 4) is 0 Å². The fourth-order valence-corrected chi connectivity index (χ4v) is 5.94. The van der Waals surface area contributed by atoms with Gasteiger partial charge in [-0.25, -0.2) is 8.42 Å². The Morgan fingerprint density at radius 3 is 2.61 bits per heavy atom. The summed E-state index contributed by atoms with van der Waals surface area (Å²) in [6.45, 7) is 2.07. The molecule has 1 aromatic heterocycles. The Morgan fingerprint density at radius 1 is 1.25 bits per heavy atom. The van der Waals surface area contributed by atoms with Gasteiger partial charge >= 0.3 is 0 Å². The van der Waals surface area contributed by atoms with Crippen molar-refractivity contribution in [1.29, 1.82) is 0 Å². The van der Waals surface area contributed by atoms with Crippen molar-refractivity contribution in [2.24, 2.45) is 0 Å². The molecule has 0 saturated carbocycles. The van der Waals surface area contributed by atoms with E-state index in [4.69, 9.17) is 11.6 Å². The highest BCUT2D eigenvalue weighted by molar-refractivity contribution is 7.91. The molecular weight excluding hydrogens is 418 g/mol. The number of nitrogens with one attached hydrogen (secondary N) is 1. The summed E-state index contributed by atoms with van der Waals surface area (Å²) in [4.78, 5) is 14.8. The molecule has 1 amide bonds. The van der Waals surface area contributed by atoms with Crippen LogP contribution in [0.3, 0.4) is 0 Å². The molecule has 28 heavy (non-hydrogen) atoms. The first-order valence-electron chi connectivity index (χ1n) is 9.14. The third kappa shape index (κ3) is 4.93. The summed E-state index contributed by atoms with van der Waals surface area (Å²) >= 11 is 7.52. The lowest BCUT2D eigenvalue weighted by Crippen LogP contribution is -2.42. The summed E-state index contributed by atoms with van der Waals surface area (Å²) < 4.78 is 26.3. The number of carbonyl (C=O) groups excluding carboxylic acids is 1. The van der Waals surface area contributed by atoms with Gasteiger partial charge in [-0.2, -0.15) is 4.31 Å². The first kappa shape index (κ1) is 21.3. The molecule has 2 aromatic rings. The van der Waals surface area contributed by atoms with Gasteiger partial charge in [0.15, 0.2) is 0 Å². The number of likely N-dealkylation sites (tertiary alicyclic amines) is 1. The second-order valence-corrected chi connectivity index (χ2v) is 10.4. The Balaban J connectivity index is 1.64. The number of halogens is 1. The van der Waals surface area contributed by atoms with Crippen molar-refractivity contribution in [2.45, 2.75) is 23.1 Å². The van der Waals surface area contributed by atoms with Crippen LogP contribution in [0.2, 0.25) is 5.02 Å². The smallest absolute Gasteiger partial charge is 0.252 e. The lowest BCUT2D eigenvalue weighted by atomic mass is 10.1. The Hall–Kier alpha value is -1.45. The average Bonchev–Trinajstić information content (AvgIpc) is 3.37. The topological polar surface area (TPSA) is 69.7 Å². The van der Waals surface area contributed by atoms with Gasteiger partial charge in [-0.1, -0.05) is 35.9 Å². The van der Waals surface area contributed by atoms with E-state index in [-0.39, 0.29) is 22.7 Å². The van der Waals surface area contributed by atoms with Gasteiger partial charge in [-0.05, 0) is 49.0 Å². The molecule has 0 bridgehead atoms. The van der Waals surface area contributed by atoms with E-state index in [0.717, 1.165) is 47.1 Å². The summed E-state index contributed by atoms with van der Waals surface area (Å²) in [5.74, 6) is -0.334. The predicted molar refractivity (Wildman–Crippen MR) is 112 cm³/mol. The minimum absolute atomic E-state index is 0.0284. The van der Waals surface area contributed by atoms with E-state index in [1.54, 1.807) is 11.4 Å². The van der Waals surface area contributed by atoms with Crippen LogP contribution in [-0.4, -0.2) is 56.8 Å². The molecule has 2 heterocycles. The van der Waals surface area contributed by atoms with Crippen LogP contribution < -0.4 is 5.32 Å². The van der Waals surface area contributed by atoms with Gasteiger partial charge < -0.3 is 5.32 Å². The van der Waals surface area contributed by atoms with Crippen molar-refractivity contribution in [2.75, 3.05) is 33.2 Å². The minimum Gasteiger partial charge on any atom is -0.353 e. The van der Waals surface area contributed by atoms with Crippen molar-refractivity contribution in [3.63, 3.8) is 0 Å². The van der Waals surface area contributed by atoms with E-state index in [1.807, 2.05) is 24.3 Å². The van der Waals surface area contributed by atoms with Crippen LogP contribution in [0.5, 0.6) is 0 Å². The standard InChI is InChI=1S/C19H24ClN3O3S2/c1-22(28(25,26)19-9-6-12-27-19)14-18(24)21-13-17(23-10-4-5-11-23)15-7-2-3-8-16(15)20/h2-3,6-9,12,17H,4-5,10-11,13-14H2,1H3,(H,21,24)/t17-/m0/s1. The number of hydrogen-bond donors (Lipinski definition) is 1. The quantitative estimate of drug-likeness (QED) is 0.683. The monoisotopic (exact) mass is 441 g/mol. The second-order valence-electron chi connectivity index (χ2n) is 6.78. The highest BCUT2D eigenvalue weighted by Crippen LogP contribution is 2.29. The maximum atomic E-state index is 12.5. The predicted octanol–water partition coefficient (Wildman–Crippen LogP) is 2.98. The highest BCUT2D eigenvalue weighted by Gasteiger charge is 2.27. The molecule has 0 spiro atoms. The molecule has 0 aliphatic carbocycles. The number of thiophene rings is 1. The highest BCUT2D eigenvalue weighted by atomic mass is 35.5. The third-order valence-electron chi connectivity index (χ3n) is 4.86. The molecule has 1 aliphatic heterocycles. The summed E-state index contributed by atoms with van der Waals surface area (Å²) in [6, 6.07) is 10.8. The third-order valence-corrected chi connectivity index (χ3v) is 8.38. The maximum absolute atomic E-state index is 12.5. The minimum atomic E-state index is -3.64. The van der Waals surface area contributed by atoms with Gasteiger partial charge in [0, 0.05) is 18.6 Å². The molecule has 1 N–H and O–H groups in total. The van der Waals surface area contributed by atoms with Gasteiger partial charge in [-0.15, -0.1) is 11.3 Å². The molecule has 1 atom stereocenters. The lowest BCUT2D eigenvalue weighted by Gasteiger charge is -2.29. The molecule has 1 fully saturated rings. The van der Waals surface area contributed by atoms with E-state index >= 15 is 0 Å². The van der Waals surface area contributed by atoms with E-state index in [2.05, 4.69) is 10.2 Å². The zero-order chi connectivity index (χ0) is 20.1. The first-order chi connectivity index (χ1) is 13.4. The Morgan fingerprint density at radius 2 is 1.96 bits per heavy atom. The van der Waals surface area contributed by atoms with Gasteiger partial charge in [0.25, 0.3) is 10.0 Å². The largest absolute Gasteiger partial charge is 0.353 e. The van der Waals surface area contributed by atoms with Gasteiger partial charge in [0.05, 0.1) is 12.6 Å². The molecule has 1 aromatic carbocycles. The van der Waals surface area contributed by atoms with Gasteiger partial charge in [0.2, 0.25) is 5.91 Å². The van der Waals surface area contributed by atoms with E-state index < -0.39 is 10.0 Å². The van der Waals surface area contributed by atoms with Crippen molar-refractivity contribution in [1.82, 2.24) is 14.5 Å². The molecular formula is C19H24ClN3O3S2. The number of nitrogens with zero attached hydrogens (tertiary/aromatic N) is 2. The van der Waals surface area contributed by atoms with Crippen LogP contribution in [0, 0.1) is 0 Å². The molecule has 0 unspecified atom stereocenters. The van der Waals surface area contributed by atoms with Gasteiger partial charge in [-0.3, -0.25) is 9.69 Å². The van der Waals surface area contributed by atoms with Gasteiger partial charge in [0.1, 0.15) is 4.21 Å². The lowest BCUT2D eigenvalue weighted by molar-refractivity contribution is -0.121. The molecule has 0 radical (unpaired) electrons. The normalized spacial score (nSPS) is 16.4. The number of benzene rings is 1. The summed E-state index contributed by atoms with van der Waals surface area (Å²) in [7, 11) is -2.23. The number of rotatable bonds is 8. The summed E-state index contributed by atoms with van der Waals surface area (Å²) in [6.07, 6.45) is 2.24. The van der Waals surface area contributed by atoms with Crippen LogP contribution >= 0.6 is 22.9 Å². The van der Waals surface area contributed by atoms with Crippen LogP contribution in [0.1, 0.15) is 24.4 Å². The number of sulfonamides is 1. The van der Waals surface area contributed by atoms with Crippen LogP contribution in [0.4, 0.5) is 0 Å². The van der Waals surface area contributed by atoms with Crippen LogP contribution in [0.15, 0.2) is 46.0 Å². The summed E-state index contributed by atoms with van der Waals surface area (Å²) in [5.41, 5.74) is 0.978. The molecule has 1 aliphatic rings. The Bertz CT molecular complexity index is 897. The van der Waals surface area contributed by atoms with Crippen molar-refractivity contribution >= 4 is 38.9 Å². The van der Waals surface area contributed by atoms with Crippen LogP contribution in [-0.2, 0) is 14.8 Å². The van der Waals surface area contributed by atoms with E-state index in [0.29, 0.717) is 11.6 Å². The average molecular weight is 442 g/mol. The molecule has 152 valence electrons. The van der Waals surface area contributed by atoms with Crippen molar-refractivity contribution in [3.05, 3.63) is 52.4 Å². The Kier molecular flexibility index (Phi) is 7.11. The first-order valence-corrected chi connectivity index (χ1v) is 11.8. The molecule has 3 rings (SSSR count). The number of likely N-dealkylation sites (N-methyl/N-ethyl adjacent to an activating group) is 1. The van der Waals surface area contributed by atoms with E-state index in [9.17, 15) is 13.2 Å². The molecule has 6 nitrogen and oxygen atoms in total. The maximum Gasteiger partial charge on any atom is 0.252 e. The molecule has 9 heteroatoms. The molecule has 1 saturated heterocycles.